The van der Waals surface area contributed by atoms with E-state index in [-0.39, 0.29) is 34.0 Å². The van der Waals surface area contributed by atoms with Crippen LogP contribution in [0, 0.1) is 13.8 Å². The molecule has 8 heteroatoms. The molecule has 2 aliphatic heterocycles. The summed E-state index contributed by atoms with van der Waals surface area (Å²) in [5, 5.41) is 10.1. The average molecular weight is 439 g/mol. The van der Waals surface area contributed by atoms with Gasteiger partial charge in [0.1, 0.15) is 11.3 Å². The summed E-state index contributed by atoms with van der Waals surface area (Å²) in [6, 6.07) is 8.44. The van der Waals surface area contributed by atoms with Gasteiger partial charge in [-0.1, -0.05) is 12.1 Å². The number of nitrogens with zero attached hydrogens (tertiary/aromatic N) is 1. The highest BCUT2D eigenvalue weighted by atomic mass is 32.2. The van der Waals surface area contributed by atoms with E-state index in [1.807, 2.05) is 13.8 Å². The van der Waals surface area contributed by atoms with E-state index in [0.29, 0.717) is 23.0 Å². The molecule has 1 fully saturated rings. The molecule has 2 aromatic carbocycles. The first kappa shape index (κ1) is 19.8. The van der Waals surface area contributed by atoms with Gasteiger partial charge >= 0.3 is 0 Å². The number of phenolic OH excluding ortho intramolecular Hbond substituents is 1. The standard InChI is InChI=1S/C23H21NO6S/c1-12-9-17-18(10-13(12)2)30-22-19(21(17)26)20(14-3-5-16(25)6-4-14)24(23(22)27)15-7-8-31(28,29)11-15/h3-6,9-10,15,20,25H,7-8,11H2,1-2H3. The summed E-state index contributed by atoms with van der Waals surface area (Å²) in [7, 11) is -3.26. The molecule has 0 saturated carbocycles. The molecule has 2 unspecified atom stereocenters. The average Bonchev–Trinajstić information content (AvgIpc) is 3.21. The van der Waals surface area contributed by atoms with E-state index in [1.165, 1.54) is 17.0 Å². The molecule has 160 valence electrons. The normalized spacial score (nSPS) is 22.3. The summed E-state index contributed by atoms with van der Waals surface area (Å²) >= 11 is 0. The van der Waals surface area contributed by atoms with Gasteiger partial charge < -0.3 is 14.4 Å². The van der Waals surface area contributed by atoms with E-state index < -0.39 is 27.8 Å². The topological polar surface area (TPSA) is 105 Å². The number of amides is 1. The molecular weight excluding hydrogens is 418 g/mol. The smallest absolute Gasteiger partial charge is 0.291 e. The minimum absolute atomic E-state index is 0.00182. The molecule has 1 amide bonds. The van der Waals surface area contributed by atoms with Crippen molar-refractivity contribution >= 4 is 26.7 Å². The molecule has 1 N–H and O–H groups in total. The zero-order chi connectivity index (χ0) is 22.1. The number of carbonyl (C=O) groups is 1. The maximum atomic E-state index is 13.6. The molecule has 1 aromatic heterocycles. The summed E-state index contributed by atoms with van der Waals surface area (Å²) < 4.78 is 30.2. The number of phenols is 1. The second kappa shape index (κ2) is 6.68. The number of rotatable bonds is 2. The number of hydrogen-bond donors (Lipinski definition) is 1. The van der Waals surface area contributed by atoms with Gasteiger partial charge in [0.2, 0.25) is 5.76 Å². The van der Waals surface area contributed by atoms with E-state index in [0.717, 1.165) is 11.1 Å². The van der Waals surface area contributed by atoms with Crippen LogP contribution in [0.5, 0.6) is 5.75 Å². The van der Waals surface area contributed by atoms with Crippen LogP contribution in [0.25, 0.3) is 11.0 Å². The van der Waals surface area contributed by atoms with Crippen molar-refractivity contribution in [3.05, 3.63) is 74.6 Å². The molecule has 3 aromatic rings. The van der Waals surface area contributed by atoms with Crippen LogP contribution in [0.2, 0.25) is 0 Å². The fourth-order valence-electron chi connectivity index (χ4n) is 4.60. The molecule has 2 atom stereocenters. The largest absolute Gasteiger partial charge is 0.508 e. The quantitative estimate of drug-likeness (QED) is 0.658. The minimum atomic E-state index is -3.26. The third-order valence-corrected chi connectivity index (χ3v) is 8.08. The lowest BCUT2D eigenvalue weighted by Crippen LogP contribution is -2.40. The fourth-order valence-corrected chi connectivity index (χ4v) is 6.31. The second-order valence-corrected chi connectivity index (χ2v) is 10.6. The Morgan fingerprint density at radius 1 is 1.06 bits per heavy atom. The number of hydrogen-bond acceptors (Lipinski definition) is 6. The van der Waals surface area contributed by atoms with Gasteiger partial charge in [-0.2, -0.15) is 0 Å². The third kappa shape index (κ3) is 3.05. The first-order valence-electron chi connectivity index (χ1n) is 10.1. The lowest BCUT2D eigenvalue weighted by atomic mass is 9.96. The molecule has 5 rings (SSSR count). The van der Waals surface area contributed by atoms with E-state index >= 15 is 0 Å². The van der Waals surface area contributed by atoms with Crippen LogP contribution in [0.1, 0.15) is 45.3 Å². The highest BCUT2D eigenvalue weighted by Gasteiger charge is 2.48. The van der Waals surface area contributed by atoms with Crippen LogP contribution >= 0.6 is 0 Å². The summed E-state index contributed by atoms with van der Waals surface area (Å²) in [5.74, 6) is -0.606. The highest BCUT2D eigenvalue weighted by Crippen LogP contribution is 2.41. The number of fused-ring (bicyclic) bond motifs is 2. The summed E-state index contributed by atoms with van der Waals surface area (Å²) in [6.07, 6.45) is 0.308. The Hall–Kier alpha value is -3.13. The summed E-state index contributed by atoms with van der Waals surface area (Å²) in [6.45, 7) is 3.80. The van der Waals surface area contributed by atoms with Gasteiger partial charge in [0.15, 0.2) is 15.3 Å². The van der Waals surface area contributed by atoms with Crippen LogP contribution in [-0.4, -0.2) is 41.9 Å². The Labute approximate surface area is 178 Å². The Bertz CT molecular complexity index is 1400. The highest BCUT2D eigenvalue weighted by molar-refractivity contribution is 7.91. The molecule has 0 spiro atoms. The minimum Gasteiger partial charge on any atom is -0.508 e. The summed E-state index contributed by atoms with van der Waals surface area (Å²) in [5.41, 5.74) is 2.75. The van der Waals surface area contributed by atoms with Crippen molar-refractivity contribution in [1.82, 2.24) is 4.90 Å². The third-order valence-electron chi connectivity index (χ3n) is 6.33. The van der Waals surface area contributed by atoms with Crippen molar-refractivity contribution < 1.29 is 22.7 Å². The van der Waals surface area contributed by atoms with Gasteiger partial charge in [0.05, 0.1) is 28.5 Å². The molecule has 31 heavy (non-hydrogen) atoms. The van der Waals surface area contributed by atoms with Crippen molar-refractivity contribution in [2.45, 2.75) is 32.4 Å². The van der Waals surface area contributed by atoms with Gasteiger partial charge in [-0.25, -0.2) is 8.42 Å². The Balaban J connectivity index is 1.77. The maximum absolute atomic E-state index is 13.6. The monoisotopic (exact) mass is 439 g/mol. The SMILES string of the molecule is Cc1cc2oc3c(c(=O)c2cc1C)C(c1ccc(O)cc1)N(C1CCS(=O)(=O)C1)C3=O. The van der Waals surface area contributed by atoms with Crippen molar-refractivity contribution in [1.29, 1.82) is 0 Å². The van der Waals surface area contributed by atoms with Crippen molar-refractivity contribution in [3.63, 3.8) is 0 Å². The van der Waals surface area contributed by atoms with Crippen LogP contribution < -0.4 is 5.43 Å². The van der Waals surface area contributed by atoms with E-state index in [1.54, 1.807) is 24.3 Å². The van der Waals surface area contributed by atoms with Crippen molar-refractivity contribution in [3.8, 4) is 5.75 Å². The van der Waals surface area contributed by atoms with Gasteiger partial charge in [0, 0.05) is 6.04 Å². The lowest BCUT2D eigenvalue weighted by molar-refractivity contribution is 0.0662. The zero-order valence-electron chi connectivity index (χ0n) is 17.1. The van der Waals surface area contributed by atoms with E-state index in [4.69, 9.17) is 4.42 Å². The Kier molecular flexibility index (Phi) is 4.27. The number of sulfone groups is 1. The predicted molar refractivity (Wildman–Crippen MR) is 115 cm³/mol. The molecule has 7 nitrogen and oxygen atoms in total. The number of benzene rings is 2. The summed E-state index contributed by atoms with van der Waals surface area (Å²) in [4.78, 5) is 28.5. The molecular formula is C23H21NO6S. The molecule has 3 heterocycles. The van der Waals surface area contributed by atoms with Crippen molar-refractivity contribution in [2.24, 2.45) is 0 Å². The van der Waals surface area contributed by atoms with Crippen LogP contribution in [0.4, 0.5) is 0 Å². The number of aromatic hydroxyl groups is 1. The molecule has 0 bridgehead atoms. The molecule has 0 radical (unpaired) electrons. The predicted octanol–water partition coefficient (Wildman–Crippen LogP) is 2.85. The number of carbonyl (C=O) groups excluding carboxylic acids is 1. The first-order chi connectivity index (χ1) is 14.7. The molecule has 1 saturated heterocycles. The van der Waals surface area contributed by atoms with Crippen molar-refractivity contribution in [2.75, 3.05) is 11.5 Å². The lowest BCUT2D eigenvalue weighted by Gasteiger charge is -2.30. The van der Waals surface area contributed by atoms with Crippen LogP contribution in [0.15, 0.2) is 45.6 Å². The maximum Gasteiger partial charge on any atom is 0.291 e. The molecule has 2 aliphatic rings. The Morgan fingerprint density at radius 2 is 1.74 bits per heavy atom. The van der Waals surface area contributed by atoms with Crippen LogP contribution in [-0.2, 0) is 9.84 Å². The first-order valence-corrected chi connectivity index (χ1v) is 11.9. The van der Waals surface area contributed by atoms with Gasteiger partial charge in [-0.15, -0.1) is 0 Å². The number of aryl methyl sites for hydroxylation is 2. The van der Waals surface area contributed by atoms with Gasteiger partial charge in [-0.05, 0) is 61.2 Å². The second-order valence-electron chi connectivity index (χ2n) is 8.37. The molecule has 0 aliphatic carbocycles. The fraction of sp³-hybridized carbons (Fsp3) is 0.304. The zero-order valence-corrected chi connectivity index (χ0v) is 17.9. The van der Waals surface area contributed by atoms with Gasteiger partial charge in [-0.3, -0.25) is 9.59 Å². The van der Waals surface area contributed by atoms with Crippen LogP contribution in [0.3, 0.4) is 0 Å². The van der Waals surface area contributed by atoms with Gasteiger partial charge in [0.25, 0.3) is 5.91 Å². The Morgan fingerprint density at radius 3 is 2.39 bits per heavy atom. The van der Waals surface area contributed by atoms with E-state index in [9.17, 15) is 23.1 Å². The van der Waals surface area contributed by atoms with E-state index in [2.05, 4.69) is 0 Å².